The molecule has 0 aromatic heterocycles. The van der Waals surface area contributed by atoms with Crippen molar-refractivity contribution in [1.82, 2.24) is 24.5 Å². The molecule has 0 bridgehead atoms. The summed E-state index contributed by atoms with van der Waals surface area (Å²) in [6.45, 7) is 12.6. The van der Waals surface area contributed by atoms with Crippen LogP contribution in [0.15, 0.2) is 72.8 Å². The Hall–Kier alpha value is -1.88. The van der Waals surface area contributed by atoms with Gasteiger partial charge in [0.05, 0.1) is 0 Å². The van der Waals surface area contributed by atoms with E-state index in [1.807, 2.05) is 33.0 Å². The first-order valence-corrected chi connectivity index (χ1v) is 22.4. The average Bonchev–Trinajstić information content (AvgIpc) is 3.76. The van der Waals surface area contributed by atoms with Gasteiger partial charge in [-0.2, -0.15) is 0 Å². The van der Waals surface area contributed by atoms with Gasteiger partial charge in [0.1, 0.15) is 11.5 Å². The molecule has 3 aliphatic heterocycles. The first-order chi connectivity index (χ1) is 32.2. The standard InChI is InChI=1S/C23H26F3N3O2.C18H17F3N2O2.C5H11Cl2N.CH2O3.2K.H/c1-16-11-18(13-28-9-7-27(2)8-10-28)12-19-15-29(22(30)21(16)19)14-17-3-5-20(6-4-17)31-23(24,25)26;1-11-6-13(8-22)7-14-10-23(17(24)16(11)14)9-12-2-4-15(5-3-12)25-18(19,20)21;1-8(4-2-6)5-3-7;2-1-4-3;;;/h3-6,11-12H,7-10,13-15H2,1-2H3;2-7H,8-10,22H2,1H3;2-5H2,1H3;1,3H;;;/q;;;;2*+1;-1/p-1. The van der Waals surface area contributed by atoms with Gasteiger partial charge in [0.15, 0.2) is 0 Å². The molecule has 7 rings (SSSR count). The molecule has 1 fully saturated rings. The Kier molecular flexibility index (Phi) is 28.6. The number of alkyl halides is 8. The van der Waals surface area contributed by atoms with E-state index in [1.165, 1.54) is 42.0 Å². The normalized spacial score (nSPS) is 14.4. The van der Waals surface area contributed by atoms with E-state index in [4.69, 9.17) is 39.0 Å². The van der Waals surface area contributed by atoms with E-state index in [9.17, 15) is 35.9 Å². The van der Waals surface area contributed by atoms with E-state index in [0.717, 1.165) is 90.3 Å². The molecule has 374 valence electrons. The van der Waals surface area contributed by atoms with Crippen molar-refractivity contribution in [2.24, 2.45) is 5.73 Å². The summed E-state index contributed by atoms with van der Waals surface area (Å²) >= 11 is 10.9. The number of fused-ring (bicyclic) bond motifs is 2. The summed E-state index contributed by atoms with van der Waals surface area (Å²) in [5, 5.41) is 8.43. The van der Waals surface area contributed by atoms with Crippen molar-refractivity contribution in [3.05, 3.63) is 128 Å². The third-order valence-electron chi connectivity index (χ3n) is 10.9. The van der Waals surface area contributed by atoms with Gasteiger partial charge in [0.2, 0.25) is 0 Å². The Labute approximate surface area is 501 Å². The third-order valence-corrected chi connectivity index (χ3v) is 11.3. The summed E-state index contributed by atoms with van der Waals surface area (Å²) in [6, 6.07) is 19.3. The van der Waals surface area contributed by atoms with E-state index in [1.54, 1.807) is 21.9 Å². The molecule has 0 saturated carbocycles. The van der Waals surface area contributed by atoms with Gasteiger partial charge in [-0.3, -0.25) is 19.3 Å². The SMILES string of the molecule is CN(CCCl)CCCl.Cc1cc(CN)cc2c1C(=O)N(Cc1ccc(OC(F)(F)F)cc1)C2.Cc1cc(CN2CCN(C)CC2)cc2c1C(=O)N(Cc1ccc(OC(F)(F)F)cc1)C2.O=CO[O-].[H-].[K+].[K+]. The van der Waals surface area contributed by atoms with E-state index in [2.05, 4.69) is 48.2 Å². The number of benzene rings is 4. The molecular weight excluding hydrogens is 1020 g/mol. The van der Waals surface area contributed by atoms with Crippen LogP contribution in [0.1, 0.15) is 66.7 Å². The molecule has 1 saturated heterocycles. The Morgan fingerprint density at radius 1 is 0.686 bits per heavy atom. The van der Waals surface area contributed by atoms with Gasteiger partial charge >= 0.3 is 115 Å². The summed E-state index contributed by atoms with van der Waals surface area (Å²) in [6.07, 6.45) is -9.43. The number of carbonyl (C=O) groups is 3. The molecule has 4 aromatic carbocycles. The van der Waals surface area contributed by atoms with Gasteiger partial charge < -0.3 is 46.4 Å². The molecule has 13 nitrogen and oxygen atoms in total. The number of ether oxygens (including phenoxy) is 2. The maximum atomic E-state index is 13.0. The van der Waals surface area contributed by atoms with Crippen LogP contribution in [0.3, 0.4) is 0 Å². The summed E-state index contributed by atoms with van der Waals surface area (Å²) in [4.78, 5) is 47.0. The van der Waals surface area contributed by atoms with Crippen molar-refractivity contribution in [2.45, 2.75) is 65.8 Å². The number of piperazine rings is 1. The van der Waals surface area contributed by atoms with E-state index < -0.39 is 12.7 Å². The molecule has 2 N–H and O–H groups in total. The number of nitrogens with two attached hydrogens (primary N) is 1. The second-order valence-corrected chi connectivity index (χ2v) is 17.0. The van der Waals surface area contributed by atoms with Crippen LogP contribution in [0.2, 0.25) is 0 Å². The van der Waals surface area contributed by atoms with E-state index >= 15 is 0 Å². The number of aryl methyl sites for hydroxylation is 2. The molecule has 3 aliphatic rings. The monoisotopic (exact) mass is 1080 g/mol. The fourth-order valence-corrected chi connectivity index (χ4v) is 8.35. The fourth-order valence-electron chi connectivity index (χ4n) is 7.78. The van der Waals surface area contributed by atoms with Crippen molar-refractivity contribution < 1.29 is 165 Å². The minimum atomic E-state index is -4.72. The van der Waals surface area contributed by atoms with Gasteiger partial charge in [0, 0.05) is 101 Å². The molecule has 4 aromatic rings. The van der Waals surface area contributed by atoms with Gasteiger partial charge in [0.25, 0.3) is 18.3 Å². The minimum Gasteiger partial charge on any atom is -1.00 e. The van der Waals surface area contributed by atoms with Crippen LogP contribution in [0.25, 0.3) is 0 Å². The fraction of sp³-hybridized carbons (Fsp3) is 0.426. The Morgan fingerprint density at radius 3 is 1.43 bits per heavy atom. The topological polar surface area (TPSA) is 144 Å². The number of likely N-dealkylation sites (N-methyl/N-ethyl adjacent to an activating group) is 1. The molecule has 2 amide bonds. The summed E-state index contributed by atoms with van der Waals surface area (Å²) in [5.41, 5.74) is 14.6. The van der Waals surface area contributed by atoms with Crippen molar-refractivity contribution >= 4 is 41.5 Å². The summed E-state index contributed by atoms with van der Waals surface area (Å²) < 4.78 is 81.3. The van der Waals surface area contributed by atoms with Crippen LogP contribution in [0.4, 0.5) is 26.3 Å². The van der Waals surface area contributed by atoms with Crippen LogP contribution in [-0.2, 0) is 49.0 Å². The van der Waals surface area contributed by atoms with Crippen molar-refractivity contribution in [3.63, 3.8) is 0 Å². The molecule has 0 unspecified atom stereocenters. The molecule has 0 aliphatic carbocycles. The maximum absolute atomic E-state index is 13.0. The van der Waals surface area contributed by atoms with Crippen LogP contribution in [0, 0.1) is 13.8 Å². The number of carbonyl (C=O) groups excluding carboxylic acids is 3. The van der Waals surface area contributed by atoms with Crippen LogP contribution in [0.5, 0.6) is 11.5 Å². The van der Waals surface area contributed by atoms with Crippen LogP contribution < -0.4 is 123 Å². The molecule has 0 spiro atoms. The first-order valence-electron chi connectivity index (χ1n) is 21.3. The minimum absolute atomic E-state index is 0. The van der Waals surface area contributed by atoms with Crippen molar-refractivity contribution in [2.75, 3.05) is 65.1 Å². The van der Waals surface area contributed by atoms with Crippen LogP contribution in [-0.4, -0.2) is 121 Å². The number of rotatable bonds is 14. The number of halogens is 8. The van der Waals surface area contributed by atoms with Gasteiger partial charge in [-0.1, -0.05) is 48.5 Å². The number of hydrogen-bond donors (Lipinski definition) is 1. The summed E-state index contributed by atoms with van der Waals surface area (Å²) in [5.74, 6) is 0.717. The Bertz CT molecular complexity index is 2280. The number of nitrogens with zero attached hydrogens (tertiary/aromatic N) is 5. The largest absolute Gasteiger partial charge is 1.00 e. The number of amides is 2. The van der Waals surface area contributed by atoms with Crippen LogP contribution >= 0.6 is 23.2 Å². The molecule has 70 heavy (non-hydrogen) atoms. The molecule has 0 radical (unpaired) electrons. The average molecular weight is 1080 g/mol. The van der Waals surface area contributed by atoms with Gasteiger partial charge in [-0.05, 0) is 96.7 Å². The van der Waals surface area contributed by atoms with Gasteiger partial charge in [-0.15, -0.1) is 49.5 Å². The second-order valence-electron chi connectivity index (χ2n) is 16.3. The van der Waals surface area contributed by atoms with E-state index in [0.29, 0.717) is 50.0 Å². The molecular formula is C47H56Cl2F6K2N6O7. The zero-order valence-electron chi connectivity index (χ0n) is 41.1. The van der Waals surface area contributed by atoms with Crippen molar-refractivity contribution in [1.29, 1.82) is 0 Å². The summed E-state index contributed by atoms with van der Waals surface area (Å²) in [7, 11) is 4.14. The maximum Gasteiger partial charge on any atom is 1.00 e. The first kappa shape index (κ1) is 64.2. The third kappa shape index (κ3) is 21.2. The predicted molar refractivity (Wildman–Crippen MR) is 244 cm³/mol. The second kappa shape index (κ2) is 31.1. The van der Waals surface area contributed by atoms with E-state index in [-0.39, 0.29) is 134 Å². The quantitative estimate of drug-likeness (QED) is 0.0488. The molecule has 23 heteroatoms. The predicted octanol–water partition coefficient (Wildman–Crippen LogP) is 1.26. The Balaban J connectivity index is 0.000000565. The molecule has 3 heterocycles. The Morgan fingerprint density at radius 2 is 1.07 bits per heavy atom. The van der Waals surface area contributed by atoms with Gasteiger partial charge in [-0.25, -0.2) is 0 Å². The molecule has 0 atom stereocenters. The zero-order chi connectivity index (χ0) is 50.2. The zero-order valence-corrected chi connectivity index (χ0v) is 47.9. The van der Waals surface area contributed by atoms with Crippen molar-refractivity contribution in [3.8, 4) is 11.5 Å². The smallest absolute Gasteiger partial charge is 1.00 e. The number of hydrogen-bond acceptors (Lipinski definition) is 11.